The highest BCUT2D eigenvalue weighted by Gasteiger charge is 2.22. The fraction of sp³-hybridized carbons (Fsp3) is 0.647. The first-order valence-electron chi connectivity index (χ1n) is 7.70. The van der Waals surface area contributed by atoms with E-state index in [1.807, 2.05) is 0 Å². The molecule has 1 heterocycles. The summed E-state index contributed by atoms with van der Waals surface area (Å²) in [6.45, 7) is 6.62. The normalized spacial score (nSPS) is 22.4. The van der Waals surface area contributed by atoms with Gasteiger partial charge in [-0.05, 0) is 51.6 Å². The van der Waals surface area contributed by atoms with E-state index in [4.69, 9.17) is 5.73 Å². The molecule has 0 aromatic heterocycles. The van der Waals surface area contributed by atoms with Crippen molar-refractivity contribution >= 4 is 0 Å². The SMILES string of the molecule is Cc1ccc(CN2CCCCC2CCC(C)N)cc1. The molecule has 1 aromatic rings. The smallest absolute Gasteiger partial charge is 0.0236 e. The summed E-state index contributed by atoms with van der Waals surface area (Å²) in [5.41, 5.74) is 8.69. The van der Waals surface area contributed by atoms with Crippen molar-refractivity contribution in [1.82, 2.24) is 4.90 Å². The number of hydrogen-bond acceptors (Lipinski definition) is 2. The monoisotopic (exact) mass is 260 g/mol. The van der Waals surface area contributed by atoms with E-state index in [-0.39, 0.29) is 0 Å². The zero-order valence-corrected chi connectivity index (χ0v) is 12.4. The van der Waals surface area contributed by atoms with Crippen LogP contribution in [0.1, 0.15) is 50.2 Å². The Morgan fingerprint density at radius 2 is 2.00 bits per heavy atom. The van der Waals surface area contributed by atoms with E-state index in [9.17, 15) is 0 Å². The molecule has 2 N–H and O–H groups in total. The van der Waals surface area contributed by atoms with E-state index >= 15 is 0 Å². The van der Waals surface area contributed by atoms with Crippen molar-refractivity contribution in [3.8, 4) is 0 Å². The Bertz CT molecular complexity index is 369. The van der Waals surface area contributed by atoms with Gasteiger partial charge < -0.3 is 5.73 Å². The van der Waals surface area contributed by atoms with Gasteiger partial charge in [-0.1, -0.05) is 36.2 Å². The molecule has 0 saturated carbocycles. The van der Waals surface area contributed by atoms with Crippen LogP contribution in [-0.4, -0.2) is 23.5 Å². The molecule has 106 valence electrons. The number of nitrogens with zero attached hydrogens (tertiary/aromatic N) is 1. The maximum absolute atomic E-state index is 5.91. The predicted octanol–water partition coefficient (Wildman–Crippen LogP) is 3.48. The molecule has 2 atom stereocenters. The van der Waals surface area contributed by atoms with Crippen LogP contribution in [0.2, 0.25) is 0 Å². The number of aryl methyl sites for hydroxylation is 1. The van der Waals surface area contributed by atoms with Crippen molar-refractivity contribution in [3.63, 3.8) is 0 Å². The third kappa shape index (κ3) is 4.63. The van der Waals surface area contributed by atoms with Gasteiger partial charge in [0.25, 0.3) is 0 Å². The molecule has 1 aromatic carbocycles. The molecule has 0 aliphatic carbocycles. The van der Waals surface area contributed by atoms with Crippen LogP contribution in [-0.2, 0) is 6.54 Å². The molecule has 1 aliphatic rings. The molecule has 0 bridgehead atoms. The maximum atomic E-state index is 5.91. The molecule has 19 heavy (non-hydrogen) atoms. The first kappa shape index (κ1) is 14.5. The fourth-order valence-electron chi connectivity index (χ4n) is 2.98. The minimum atomic E-state index is 0.336. The Morgan fingerprint density at radius 3 is 2.68 bits per heavy atom. The fourth-order valence-corrected chi connectivity index (χ4v) is 2.98. The Balaban J connectivity index is 1.93. The molecule has 2 nitrogen and oxygen atoms in total. The molecule has 2 rings (SSSR count). The summed E-state index contributed by atoms with van der Waals surface area (Å²) in [6.07, 6.45) is 6.48. The van der Waals surface area contributed by atoms with Crippen LogP contribution in [0.4, 0.5) is 0 Å². The maximum Gasteiger partial charge on any atom is 0.0236 e. The first-order chi connectivity index (χ1) is 9.15. The number of rotatable bonds is 5. The summed E-state index contributed by atoms with van der Waals surface area (Å²) in [4.78, 5) is 2.66. The third-order valence-corrected chi connectivity index (χ3v) is 4.21. The third-order valence-electron chi connectivity index (χ3n) is 4.21. The van der Waals surface area contributed by atoms with Gasteiger partial charge in [-0.3, -0.25) is 4.90 Å². The van der Waals surface area contributed by atoms with Crippen molar-refractivity contribution in [1.29, 1.82) is 0 Å². The molecule has 1 saturated heterocycles. The summed E-state index contributed by atoms with van der Waals surface area (Å²) in [5, 5.41) is 0. The Morgan fingerprint density at radius 1 is 1.26 bits per heavy atom. The minimum absolute atomic E-state index is 0.336. The number of nitrogens with two attached hydrogens (primary N) is 1. The highest BCUT2D eigenvalue weighted by molar-refractivity contribution is 5.21. The summed E-state index contributed by atoms with van der Waals surface area (Å²) in [7, 11) is 0. The summed E-state index contributed by atoms with van der Waals surface area (Å²) in [6, 6.07) is 10.1. The van der Waals surface area contributed by atoms with Crippen molar-refractivity contribution in [2.75, 3.05) is 6.54 Å². The lowest BCUT2D eigenvalue weighted by molar-refractivity contribution is 0.129. The second-order valence-electron chi connectivity index (χ2n) is 6.16. The highest BCUT2D eigenvalue weighted by Crippen LogP contribution is 2.23. The van der Waals surface area contributed by atoms with Crippen molar-refractivity contribution in [2.24, 2.45) is 5.73 Å². The van der Waals surface area contributed by atoms with E-state index in [0.717, 1.165) is 19.0 Å². The van der Waals surface area contributed by atoms with Gasteiger partial charge in [0.1, 0.15) is 0 Å². The van der Waals surface area contributed by atoms with Crippen molar-refractivity contribution in [3.05, 3.63) is 35.4 Å². The number of likely N-dealkylation sites (tertiary alicyclic amines) is 1. The summed E-state index contributed by atoms with van der Waals surface area (Å²) in [5.74, 6) is 0. The van der Waals surface area contributed by atoms with E-state index in [0.29, 0.717) is 6.04 Å². The average Bonchev–Trinajstić information content (AvgIpc) is 2.40. The number of piperidine rings is 1. The minimum Gasteiger partial charge on any atom is -0.328 e. The molecule has 1 fully saturated rings. The summed E-state index contributed by atoms with van der Waals surface area (Å²) < 4.78 is 0. The highest BCUT2D eigenvalue weighted by atomic mass is 15.2. The van der Waals surface area contributed by atoms with Gasteiger partial charge in [-0.15, -0.1) is 0 Å². The van der Waals surface area contributed by atoms with Gasteiger partial charge in [0, 0.05) is 18.6 Å². The van der Waals surface area contributed by atoms with E-state index < -0.39 is 0 Å². The predicted molar refractivity (Wildman–Crippen MR) is 82.1 cm³/mol. The largest absolute Gasteiger partial charge is 0.328 e. The number of hydrogen-bond donors (Lipinski definition) is 1. The molecular weight excluding hydrogens is 232 g/mol. The van der Waals surface area contributed by atoms with Crippen LogP contribution in [0.3, 0.4) is 0 Å². The molecule has 2 heteroatoms. The van der Waals surface area contributed by atoms with Crippen LogP contribution >= 0.6 is 0 Å². The van der Waals surface area contributed by atoms with E-state index in [1.54, 1.807) is 0 Å². The van der Waals surface area contributed by atoms with Crippen LogP contribution in [0.5, 0.6) is 0 Å². The van der Waals surface area contributed by atoms with E-state index in [2.05, 4.69) is 43.0 Å². The molecule has 0 spiro atoms. The zero-order valence-electron chi connectivity index (χ0n) is 12.4. The van der Waals surface area contributed by atoms with Crippen LogP contribution in [0, 0.1) is 6.92 Å². The Hall–Kier alpha value is -0.860. The van der Waals surface area contributed by atoms with Gasteiger partial charge >= 0.3 is 0 Å². The standard InChI is InChI=1S/C17H28N2/c1-14-6-9-16(10-7-14)13-19-12-4-3-5-17(19)11-8-15(2)18/h6-7,9-10,15,17H,3-5,8,11-13,18H2,1-2H3. The second kappa shape index (κ2) is 7.06. The van der Waals surface area contributed by atoms with Crippen LogP contribution in [0.15, 0.2) is 24.3 Å². The van der Waals surface area contributed by atoms with Gasteiger partial charge in [-0.25, -0.2) is 0 Å². The first-order valence-corrected chi connectivity index (χ1v) is 7.70. The van der Waals surface area contributed by atoms with Gasteiger partial charge in [-0.2, -0.15) is 0 Å². The molecule has 0 radical (unpaired) electrons. The Labute approximate surface area is 118 Å². The van der Waals surface area contributed by atoms with Crippen LogP contribution < -0.4 is 5.73 Å². The van der Waals surface area contributed by atoms with Crippen LogP contribution in [0.25, 0.3) is 0 Å². The van der Waals surface area contributed by atoms with Gasteiger partial charge in [0.05, 0.1) is 0 Å². The zero-order chi connectivity index (χ0) is 13.7. The molecule has 2 unspecified atom stereocenters. The lowest BCUT2D eigenvalue weighted by atomic mass is 9.95. The quantitative estimate of drug-likeness (QED) is 0.878. The Kier molecular flexibility index (Phi) is 5.41. The molecule has 1 aliphatic heterocycles. The lowest BCUT2D eigenvalue weighted by Crippen LogP contribution is -2.39. The van der Waals surface area contributed by atoms with Crippen molar-refractivity contribution < 1.29 is 0 Å². The topological polar surface area (TPSA) is 29.3 Å². The van der Waals surface area contributed by atoms with E-state index in [1.165, 1.54) is 43.4 Å². The number of benzene rings is 1. The second-order valence-corrected chi connectivity index (χ2v) is 6.16. The lowest BCUT2D eigenvalue weighted by Gasteiger charge is -2.36. The average molecular weight is 260 g/mol. The molecular formula is C17H28N2. The van der Waals surface area contributed by atoms with Crippen molar-refractivity contribution in [2.45, 2.75) is 64.6 Å². The molecule has 0 amide bonds. The summed E-state index contributed by atoms with van der Waals surface area (Å²) >= 11 is 0. The van der Waals surface area contributed by atoms with Gasteiger partial charge in [0.15, 0.2) is 0 Å². The van der Waals surface area contributed by atoms with Gasteiger partial charge in [0.2, 0.25) is 0 Å².